The molecule has 3 aromatic rings. The van der Waals surface area contributed by atoms with Gasteiger partial charge < -0.3 is 5.32 Å². The summed E-state index contributed by atoms with van der Waals surface area (Å²) in [5, 5.41) is 7.18. The first-order valence-electron chi connectivity index (χ1n) is 8.14. The van der Waals surface area contributed by atoms with Crippen molar-refractivity contribution in [2.75, 3.05) is 5.32 Å². The average molecular weight is 412 g/mol. The highest BCUT2D eigenvalue weighted by Gasteiger charge is 2.10. The third kappa shape index (κ3) is 4.08. The highest BCUT2D eigenvalue weighted by atomic mass is 79.9. The van der Waals surface area contributed by atoms with Gasteiger partial charge in [-0.3, -0.25) is 9.59 Å². The molecule has 26 heavy (non-hydrogen) atoms. The van der Waals surface area contributed by atoms with Crippen LogP contribution in [-0.4, -0.2) is 15.7 Å². The van der Waals surface area contributed by atoms with E-state index in [-0.39, 0.29) is 18.0 Å². The van der Waals surface area contributed by atoms with Gasteiger partial charge in [0.2, 0.25) is 5.91 Å². The van der Waals surface area contributed by atoms with Gasteiger partial charge in [0.1, 0.15) is 6.54 Å². The minimum Gasteiger partial charge on any atom is -0.324 e. The summed E-state index contributed by atoms with van der Waals surface area (Å²) >= 11 is 3.42. The molecule has 0 saturated carbocycles. The molecule has 2 aromatic carbocycles. The minimum absolute atomic E-state index is 0.145. The van der Waals surface area contributed by atoms with E-state index < -0.39 is 0 Å². The van der Waals surface area contributed by atoms with Crippen LogP contribution < -0.4 is 10.9 Å². The van der Waals surface area contributed by atoms with E-state index in [1.807, 2.05) is 56.3 Å². The Kier molecular flexibility index (Phi) is 5.32. The number of hydrogen-bond acceptors (Lipinski definition) is 3. The zero-order chi connectivity index (χ0) is 18.7. The second-order valence-electron chi connectivity index (χ2n) is 6.02. The number of anilines is 1. The molecule has 1 heterocycles. The molecule has 0 aliphatic carbocycles. The number of carbonyl (C=O) groups is 1. The predicted molar refractivity (Wildman–Crippen MR) is 106 cm³/mol. The fraction of sp³-hybridized carbons (Fsp3) is 0.150. The standard InChI is InChI=1S/C20H18BrN3O2/c1-13-5-3-8-17(14(13)2)22-19(25)12-24-20(26)10-9-18(23-24)15-6-4-7-16(21)11-15/h3-11H,12H2,1-2H3,(H,22,25). The second-order valence-corrected chi connectivity index (χ2v) is 6.94. The molecule has 1 aromatic heterocycles. The lowest BCUT2D eigenvalue weighted by atomic mass is 10.1. The predicted octanol–water partition coefficient (Wildman–Crippen LogP) is 3.93. The number of carbonyl (C=O) groups excluding carboxylic acids is 1. The summed E-state index contributed by atoms with van der Waals surface area (Å²) in [4.78, 5) is 24.5. The van der Waals surface area contributed by atoms with Crippen molar-refractivity contribution in [3.8, 4) is 11.3 Å². The number of rotatable bonds is 4. The maximum Gasteiger partial charge on any atom is 0.267 e. The summed E-state index contributed by atoms with van der Waals surface area (Å²) in [6.07, 6.45) is 0. The van der Waals surface area contributed by atoms with Crippen molar-refractivity contribution in [3.63, 3.8) is 0 Å². The molecular weight excluding hydrogens is 394 g/mol. The monoisotopic (exact) mass is 411 g/mol. The molecular formula is C20H18BrN3O2. The molecule has 0 unspecified atom stereocenters. The number of aromatic nitrogens is 2. The van der Waals surface area contributed by atoms with Crippen LogP contribution in [-0.2, 0) is 11.3 Å². The van der Waals surface area contributed by atoms with Crippen LogP contribution in [0.25, 0.3) is 11.3 Å². The van der Waals surface area contributed by atoms with E-state index in [9.17, 15) is 9.59 Å². The van der Waals surface area contributed by atoms with Crippen LogP contribution in [0.1, 0.15) is 11.1 Å². The number of aryl methyl sites for hydroxylation is 1. The molecule has 0 aliphatic heterocycles. The third-order valence-corrected chi connectivity index (χ3v) is 4.65. The van der Waals surface area contributed by atoms with Crippen molar-refractivity contribution in [2.45, 2.75) is 20.4 Å². The summed E-state index contributed by atoms with van der Waals surface area (Å²) in [5.41, 5.74) is 4.01. The van der Waals surface area contributed by atoms with E-state index in [1.54, 1.807) is 6.07 Å². The van der Waals surface area contributed by atoms with Crippen LogP contribution in [0.2, 0.25) is 0 Å². The number of nitrogens with one attached hydrogen (secondary N) is 1. The topological polar surface area (TPSA) is 64.0 Å². The first-order chi connectivity index (χ1) is 12.4. The first-order valence-corrected chi connectivity index (χ1v) is 8.93. The fourth-order valence-corrected chi connectivity index (χ4v) is 2.98. The van der Waals surface area contributed by atoms with E-state index in [2.05, 4.69) is 26.3 Å². The normalized spacial score (nSPS) is 10.6. The Morgan fingerprint density at radius 1 is 1.12 bits per heavy atom. The van der Waals surface area contributed by atoms with Crippen molar-refractivity contribution < 1.29 is 4.79 Å². The van der Waals surface area contributed by atoms with Gasteiger partial charge >= 0.3 is 0 Å². The van der Waals surface area contributed by atoms with Crippen LogP contribution in [0.3, 0.4) is 0 Å². The van der Waals surface area contributed by atoms with E-state index in [0.29, 0.717) is 5.69 Å². The van der Waals surface area contributed by atoms with Crippen LogP contribution in [0.4, 0.5) is 5.69 Å². The maximum absolute atomic E-state index is 12.4. The van der Waals surface area contributed by atoms with Crippen molar-refractivity contribution in [1.29, 1.82) is 0 Å². The molecule has 1 amide bonds. The highest BCUT2D eigenvalue weighted by molar-refractivity contribution is 9.10. The number of benzene rings is 2. The summed E-state index contributed by atoms with van der Waals surface area (Å²) < 4.78 is 2.10. The zero-order valence-corrected chi connectivity index (χ0v) is 16.1. The molecule has 3 rings (SSSR count). The number of halogens is 1. The Hall–Kier alpha value is -2.73. The van der Waals surface area contributed by atoms with Gasteiger partial charge in [-0.25, -0.2) is 4.68 Å². The summed E-state index contributed by atoms with van der Waals surface area (Å²) in [6, 6.07) is 16.4. The fourth-order valence-electron chi connectivity index (χ4n) is 2.58. The molecule has 0 aliphatic rings. The lowest BCUT2D eigenvalue weighted by molar-refractivity contribution is -0.117. The van der Waals surface area contributed by atoms with Crippen LogP contribution in [0.15, 0.2) is 63.9 Å². The lowest BCUT2D eigenvalue weighted by Gasteiger charge is -2.11. The smallest absolute Gasteiger partial charge is 0.267 e. The Balaban J connectivity index is 1.83. The van der Waals surface area contributed by atoms with E-state index in [1.165, 1.54) is 10.7 Å². The van der Waals surface area contributed by atoms with Crippen LogP contribution in [0.5, 0.6) is 0 Å². The quantitative estimate of drug-likeness (QED) is 0.707. The Morgan fingerprint density at radius 3 is 2.65 bits per heavy atom. The van der Waals surface area contributed by atoms with Gasteiger partial charge in [0.25, 0.3) is 5.56 Å². The molecule has 6 heteroatoms. The van der Waals surface area contributed by atoms with Crippen molar-refractivity contribution in [2.24, 2.45) is 0 Å². The first kappa shape index (κ1) is 18.1. The molecule has 0 spiro atoms. The minimum atomic E-state index is -0.320. The third-order valence-electron chi connectivity index (χ3n) is 4.16. The maximum atomic E-state index is 12.4. The van der Waals surface area contributed by atoms with Crippen molar-refractivity contribution in [3.05, 3.63) is 80.6 Å². The Bertz CT molecular complexity index is 1030. The average Bonchev–Trinajstić information content (AvgIpc) is 2.61. The molecule has 132 valence electrons. The number of hydrogen-bond donors (Lipinski definition) is 1. The SMILES string of the molecule is Cc1cccc(NC(=O)Cn2nc(-c3cccc(Br)c3)ccc2=O)c1C. The van der Waals surface area contributed by atoms with Crippen molar-refractivity contribution in [1.82, 2.24) is 9.78 Å². The largest absolute Gasteiger partial charge is 0.324 e. The van der Waals surface area contributed by atoms with Gasteiger partial charge in [-0.15, -0.1) is 0 Å². The van der Waals surface area contributed by atoms with Gasteiger partial charge in [0.05, 0.1) is 5.69 Å². The van der Waals surface area contributed by atoms with E-state index in [4.69, 9.17) is 0 Å². The van der Waals surface area contributed by atoms with Gasteiger partial charge in [-0.1, -0.05) is 40.2 Å². The summed E-state index contributed by atoms with van der Waals surface area (Å²) in [6.45, 7) is 3.79. The van der Waals surface area contributed by atoms with Crippen molar-refractivity contribution >= 4 is 27.5 Å². The lowest BCUT2D eigenvalue weighted by Crippen LogP contribution is -2.29. The van der Waals surface area contributed by atoms with Gasteiger partial charge in [-0.05, 0) is 49.2 Å². The Morgan fingerprint density at radius 2 is 1.88 bits per heavy atom. The van der Waals surface area contributed by atoms with E-state index in [0.717, 1.165) is 26.9 Å². The highest BCUT2D eigenvalue weighted by Crippen LogP contribution is 2.20. The van der Waals surface area contributed by atoms with Gasteiger partial charge in [-0.2, -0.15) is 5.10 Å². The zero-order valence-electron chi connectivity index (χ0n) is 14.5. The molecule has 0 saturated heterocycles. The molecule has 1 N–H and O–H groups in total. The van der Waals surface area contributed by atoms with Gasteiger partial charge in [0, 0.05) is 21.8 Å². The molecule has 0 fully saturated rings. The van der Waals surface area contributed by atoms with Crippen LogP contribution in [0, 0.1) is 13.8 Å². The van der Waals surface area contributed by atoms with E-state index >= 15 is 0 Å². The molecule has 0 atom stereocenters. The van der Waals surface area contributed by atoms with Gasteiger partial charge in [0.15, 0.2) is 0 Å². The summed E-state index contributed by atoms with van der Waals surface area (Å²) in [7, 11) is 0. The molecule has 0 radical (unpaired) electrons. The summed E-state index contributed by atoms with van der Waals surface area (Å²) in [5.74, 6) is -0.292. The van der Waals surface area contributed by atoms with Crippen LogP contribution >= 0.6 is 15.9 Å². The number of amides is 1. The molecule has 0 bridgehead atoms. The molecule has 5 nitrogen and oxygen atoms in total. The Labute approximate surface area is 159 Å². The second kappa shape index (κ2) is 7.66. The number of nitrogens with zero attached hydrogens (tertiary/aromatic N) is 2.